The molecule has 0 aliphatic carbocycles. The van der Waals surface area contributed by atoms with Crippen LogP contribution in [0.5, 0.6) is 0 Å². The van der Waals surface area contributed by atoms with Crippen LogP contribution in [0.2, 0.25) is 5.15 Å². The van der Waals surface area contributed by atoms with E-state index in [4.69, 9.17) is 17.4 Å². The summed E-state index contributed by atoms with van der Waals surface area (Å²) in [5.41, 5.74) is 0.612. The lowest BCUT2D eigenvalue weighted by Crippen LogP contribution is -2.18. The van der Waals surface area contributed by atoms with E-state index in [9.17, 15) is 13.2 Å². The minimum Gasteiger partial charge on any atom is -0.306 e. The average Bonchev–Trinajstić information content (AvgIpc) is 2.07. The number of hydrogen-bond acceptors (Lipinski definition) is 4. The van der Waals surface area contributed by atoms with E-state index < -0.39 is 17.6 Å². The van der Waals surface area contributed by atoms with Gasteiger partial charge in [0.15, 0.2) is 11.0 Å². The van der Waals surface area contributed by atoms with Gasteiger partial charge in [0, 0.05) is 5.56 Å². The molecule has 0 bridgehead atoms. The van der Waals surface area contributed by atoms with Crippen LogP contribution >= 0.6 is 11.6 Å². The lowest BCUT2D eigenvalue weighted by Gasteiger charge is -2.13. The van der Waals surface area contributed by atoms with Gasteiger partial charge in [0.2, 0.25) is 0 Å². The summed E-state index contributed by atoms with van der Waals surface area (Å²) in [5, 5.41) is 6.19. The van der Waals surface area contributed by atoms with E-state index in [1.165, 1.54) is 6.92 Å². The maximum Gasteiger partial charge on any atom is 0.420 e. The first kappa shape index (κ1) is 11.0. The van der Waals surface area contributed by atoms with Crippen LogP contribution in [0.25, 0.3) is 0 Å². The Morgan fingerprint density at radius 3 is 2.36 bits per heavy atom. The van der Waals surface area contributed by atoms with Gasteiger partial charge in [0.1, 0.15) is 5.56 Å². The molecule has 0 amide bonds. The van der Waals surface area contributed by atoms with Crippen molar-refractivity contribution in [1.82, 2.24) is 10.2 Å². The Morgan fingerprint density at radius 1 is 1.36 bits per heavy atom. The maximum atomic E-state index is 12.5. The summed E-state index contributed by atoms with van der Waals surface area (Å²) in [6.07, 6.45) is -4.56. The fourth-order valence-electron chi connectivity index (χ4n) is 0.948. The van der Waals surface area contributed by atoms with Gasteiger partial charge >= 0.3 is 6.18 Å². The molecule has 14 heavy (non-hydrogen) atoms. The first-order valence-corrected chi connectivity index (χ1v) is 3.82. The molecule has 0 fully saturated rings. The summed E-state index contributed by atoms with van der Waals surface area (Å²) in [5.74, 6) is 4.33. The van der Waals surface area contributed by atoms with Gasteiger partial charge in [-0.3, -0.25) is 0 Å². The van der Waals surface area contributed by atoms with Gasteiger partial charge in [-0.15, -0.1) is 10.2 Å². The third-order valence-electron chi connectivity index (χ3n) is 1.58. The Morgan fingerprint density at radius 2 is 1.93 bits per heavy atom. The van der Waals surface area contributed by atoms with Crippen molar-refractivity contribution in [3.8, 4) is 0 Å². The van der Waals surface area contributed by atoms with E-state index in [-0.39, 0.29) is 10.7 Å². The topological polar surface area (TPSA) is 63.8 Å². The highest BCUT2D eigenvalue weighted by Crippen LogP contribution is 2.37. The van der Waals surface area contributed by atoms with Crippen molar-refractivity contribution in [1.29, 1.82) is 0 Å². The van der Waals surface area contributed by atoms with Gasteiger partial charge in [-0.25, -0.2) is 5.84 Å². The van der Waals surface area contributed by atoms with Crippen LogP contribution in [0.4, 0.5) is 19.0 Å². The monoisotopic (exact) mass is 226 g/mol. The first-order chi connectivity index (χ1) is 6.38. The van der Waals surface area contributed by atoms with Crippen molar-refractivity contribution < 1.29 is 13.2 Å². The molecule has 0 aliphatic heterocycles. The SMILES string of the molecule is Cc1c(Cl)nnc(NN)c1C(F)(F)F. The Balaban J connectivity index is 3.44. The third-order valence-corrected chi connectivity index (χ3v) is 1.94. The molecular formula is C6H6ClF3N4. The number of nitrogen functional groups attached to an aromatic ring is 1. The molecule has 3 N–H and O–H groups in total. The van der Waals surface area contributed by atoms with Crippen molar-refractivity contribution in [3.63, 3.8) is 0 Å². The summed E-state index contributed by atoms with van der Waals surface area (Å²) >= 11 is 5.41. The smallest absolute Gasteiger partial charge is 0.306 e. The summed E-state index contributed by atoms with van der Waals surface area (Å²) in [6, 6.07) is 0. The van der Waals surface area contributed by atoms with Crippen LogP contribution in [-0.2, 0) is 6.18 Å². The van der Waals surface area contributed by atoms with Crippen LogP contribution in [0.3, 0.4) is 0 Å². The lowest BCUT2D eigenvalue weighted by atomic mass is 10.1. The fourth-order valence-corrected chi connectivity index (χ4v) is 1.08. The fraction of sp³-hybridized carbons (Fsp3) is 0.333. The summed E-state index contributed by atoms with van der Waals surface area (Å²) in [7, 11) is 0. The Kier molecular flexibility index (Phi) is 2.81. The van der Waals surface area contributed by atoms with E-state index >= 15 is 0 Å². The van der Waals surface area contributed by atoms with Gasteiger partial charge in [0.25, 0.3) is 0 Å². The van der Waals surface area contributed by atoms with Crippen LogP contribution in [0.1, 0.15) is 11.1 Å². The molecule has 0 atom stereocenters. The molecule has 8 heteroatoms. The third kappa shape index (κ3) is 1.88. The quantitative estimate of drug-likeness (QED) is 0.566. The Bertz CT molecular complexity index is 352. The summed E-state index contributed by atoms with van der Waals surface area (Å²) in [4.78, 5) is 0. The highest BCUT2D eigenvalue weighted by Gasteiger charge is 2.37. The van der Waals surface area contributed by atoms with E-state index in [1.807, 2.05) is 5.43 Å². The van der Waals surface area contributed by atoms with Gasteiger partial charge in [-0.1, -0.05) is 11.6 Å². The second-order valence-corrected chi connectivity index (χ2v) is 2.84. The molecule has 0 radical (unpaired) electrons. The Labute approximate surface area is 82.2 Å². The molecule has 0 unspecified atom stereocenters. The number of nitrogens with two attached hydrogens (primary N) is 1. The predicted octanol–water partition coefficient (Wildman–Crippen LogP) is 1.74. The molecule has 0 saturated heterocycles. The highest BCUT2D eigenvalue weighted by molar-refractivity contribution is 6.30. The normalized spacial score (nSPS) is 11.6. The second-order valence-electron chi connectivity index (χ2n) is 2.48. The molecule has 0 spiro atoms. The lowest BCUT2D eigenvalue weighted by molar-refractivity contribution is -0.137. The minimum atomic E-state index is -4.56. The number of rotatable bonds is 1. The van der Waals surface area contributed by atoms with Crippen LogP contribution < -0.4 is 11.3 Å². The number of nitrogens with one attached hydrogen (secondary N) is 1. The molecule has 1 aromatic heterocycles. The number of nitrogens with zero attached hydrogens (tertiary/aromatic N) is 2. The van der Waals surface area contributed by atoms with Crippen molar-refractivity contribution in [3.05, 3.63) is 16.3 Å². The molecular weight excluding hydrogens is 221 g/mol. The minimum absolute atomic E-state index is 0.206. The number of aromatic nitrogens is 2. The van der Waals surface area contributed by atoms with Crippen molar-refractivity contribution in [2.75, 3.05) is 5.43 Å². The maximum absolute atomic E-state index is 12.5. The molecule has 4 nitrogen and oxygen atoms in total. The van der Waals surface area contributed by atoms with Crippen molar-refractivity contribution in [2.24, 2.45) is 5.84 Å². The molecule has 1 rings (SSSR count). The molecule has 78 valence electrons. The van der Waals surface area contributed by atoms with Gasteiger partial charge in [0.05, 0.1) is 0 Å². The number of hydrazine groups is 1. The molecule has 0 aliphatic rings. The second kappa shape index (κ2) is 3.58. The standard InChI is InChI=1S/C6H6ClF3N4/c1-2-3(6(8,9)10)5(12-11)14-13-4(2)7/h11H2,1H3,(H,12,14). The molecule has 0 saturated carbocycles. The highest BCUT2D eigenvalue weighted by atomic mass is 35.5. The molecule has 1 heterocycles. The van der Waals surface area contributed by atoms with Crippen molar-refractivity contribution >= 4 is 17.4 Å². The molecule has 1 aromatic rings. The average molecular weight is 227 g/mol. The zero-order valence-corrected chi connectivity index (χ0v) is 7.74. The first-order valence-electron chi connectivity index (χ1n) is 3.44. The zero-order valence-electron chi connectivity index (χ0n) is 6.98. The van der Waals surface area contributed by atoms with Gasteiger partial charge < -0.3 is 5.43 Å². The zero-order chi connectivity index (χ0) is 10.9. The number of alkyl halides is 3. The van der Waals surface area contributed by atoms with Gasteiger partial charge in [-0.2, -0.15) is 13.2 Å². The summed E-state index contributed by atoms with van der Waals surface area (Å²) < 4.78 is 37.4. The predicted molar refractivity (Wildman–Crippen MR) is 44.6 cm³/mol. The van der Waals surface area contributed by atoms with E-state index in [0.29, 0.717) is 0 Å². The van der Waals surface area contributed by atoms with Crippen molar-refractivity contribution in [2.45, 2.75) is 13.1 Å². The largest absolute Gasteiger partial charge is 0.420 e. The van der Waals surface area contributed by atoms with Crippen LogP contribution in [0, 0.1) is 6.92 Å². The van der Waals surface area contributed by atoms with E-state index in [1.54, 1.807) is 0 Å². The number of halogens is 4. The van der Waals surface area contributed by atoms with Gasteiger partial charge in [-0.05, 0) is 6.92 Å². The van der Waals surface area contributed by atoms with Crippen LogP contribution in [-0.4, -0.2) is 10.2 Å². The summed E-state index contributed by atoms with van der Waals surface area (Å²) in [6.45, 7) is 1.20. The van der Waals surface area contributed by atoms with Crippen LogP contribution in [0.15, 0.2) is 0 Å². The Hall–Kier alpha value is -1.08. The van der Waals surface area contributed by atoms with E-state index in [2.05, 4.69) is 10.2 Å². The number of hydrogen-bond donors (Lipinski definition) is 2. The van der Waals surface area contributed by atoms with E-state index in [0.717, 1.165) is 0 Å². The molecule has 0 aromatic carbocycles. The number of anilines is 1.